The third-order valence-electron chi connectivity index (χ3n) is 1.10. The highest BCUT2D eigenvalue weighted by Crippen LogP contribution is 2.08. The number of nitrogens with zero attached hydrogens (tertiary/aromatic N) is 2. The van der Waals surface area contributed by atoms with Crippen molar-refractivity contribution in [1.29, 1.82) is 0 Å². The Balaban J connectivity index is 2.30. The van der Waals surface area contributed by atoms with Crippen molar-refractivity contribution in [1.82, 2.24) is 5.32 Å². The van der Waals surface area contributed by atoms with E-state index in [0.717, 1.165) is 5.75 Å². The van der Waals surface area contributed by atoms with Crippen molar-refractivity contribution in [3.63, 3.8) is 0 Å². The van der Waals surface area contributed by atoms with Crippen molar-refractivity contribution < 1.29 is 9.72 Å². The second-order valence-electron chi connectivity index (χ2n) is 2.07. The summed E-state index contributed by atoms with van der Waals surface area (Å²) in [5, 5.41) is 12.7. The number of hydrogen-bond donors (Lipinski definition) is 1. The van der Waals surface area contributed by atoms with E-state index in [1.807, 2.05) is 0 Å². The van der Waals surface area contributed by atoms with Gasteiger partial charge in [-0.3, -0.25) is 25.2 Å². The van der Waals surface area contributed by atoms with E-state index in [1.165, 1.54) is 11.8 Å². The third kappa shape index (κ3) is 2.87. The van der Waals surface area contributed by atoms with Crippen LogP contribution in [0.15, 0.2) is 4.99 Å². The Hall–Kier alpha value is -1.11. The van der Waals surface area contributed by atoms with Crippen molar-refractivity contribution in [3.8, 4) is 0 Å². The van der Waals surface area contributed by atoms with Gasteiger partial charge in [-0.1, -0.05) is 11.8 Å². The molecule has 1 aliphatic rings. The molecule has 1 heterocycles. The van der Waals surface area contributed by atoms with Gasteiger partial charge in [0.2, 0.25) is 0 Å². The summed E-state index contributed by atoms with van der Waals surface area (Å²) in [6, 6.07) is 0. The second-order valence-corrected chi connectivity index (χ2v) is 3.16. The van der Waals surface area contributed by atoms with Crippen molar-refractivity contribution in [3.05, 3.63) is 10.1 Å². The van der Waals surface area contributed by atoms with Gasteiger partial charge in [0.25, 0.3) is 12.5 Å². The number of nitro groups is 1. The first-order chi connectivity index (χ1) is 5.68. The Bertz CT molecular complexity index is 240. The van der Waals surface area contributed by atoms with Gasteiger partial charge in [-0.2, -0.15) is 0 Å². The average Bonchev–Trinajstić information content (AvgIpc) is 2.37. The van der Waals surface area contributed by atoms with Gasteiger partial charge in [0.15, 0.2) is 5.17 Å². The maximum absolute atomic E-state index is 10.8. The predicted octanol–water partition coefficient (Wildman–Crippen LogP) is -0.518. The SMILES string of the molecule is O=C(C[N+](=O)[O-])NC1=NCCS1. The van der Waals surface area contributed by atoms with Crippen LogP contribution in [0.3, 0.4) is 0 Å². The summed E-state index contributed by atoms with van der Waals surface area (Å²) in [6.07, 6.45) is 0. The molecule has 1 N–H and O–H groups in total. The smallest absolute Gasteiger partial charge is 0.297 e. The summed E-state index contributed by atoms with van der Waals surface area (Å²) in [5.74, 6) is 0.210. The Labute approximate surface area is 72.6 Å². The normalized spacial score (nSPS) is 15.5. The second kappa shape index (κ2) is 4.05. The van der Waals surface area contributed by atoms with Crippen LogP contribution in [0, 0.1) is 10.1 Å². The van der Waals surface area contributed by atoms with Crippen molar-refractivity contribution >= 4 is 22.8 Å². The molecule has 0 aromatic rings. The summed E-state index contributed by atoms with van der Waals surface area (Å²) in [5.41, 5.74) is 0. The fourth-order valence-corrected chi connectivity index (χ4v) is 1.43. The first-order valence-electron chi connectivity index (χ1n) is 3.27. The largest absolute Gasteiger partial charge is 0.300 e. The Morgan fingerprint density at radius 2 is 2.58 bits per heavy atom. The van der Waals surface area contributed by atoms with E-state index in [1.54, 1.807) is 0 Å². The molecule has 7 heteroatoms. The molecule has 0 saturated carbocycles. The Morgan fingerprint density at radius 3 is 3.08 bits per heavy atom. The number of carbonyl (C=O) groups excluding carboxylic acids is 1. The Kier molecular flexibility index (Phi) is 3.03. The highest BCUT2D eigenvalue weighted by atomic mass is 32.2. The number of aliphatic imine (C=N–C) groups is 1. The number of carbonyl (C=O) groups is 1. The molecule has 0 spiro atoms. The maximum Gasteiger partial charge on any atom is 0.297 e. The van der Waals surface area contributed by atoms with Gasteiger partial charge in [0.05, 0.1) is 6.54 Å². The molecule has 0 atom stereocenters. The number of nitrogens with one attached hydrogen (secondary N) is 1. The fraction of sp³-hybridized carbons (Fsp3) is 0.600. The average molecular weight is 189 g/mol. The van der Waals surface area contributed by atoms with Gasteiger partial charge in [-0.25, -0.2) is 0 Å². The van der Waals surface area contributed by atoms with E-state index in [2.05, 4.69) is 10.3 Å². The van der Waals surface area contributed by atoms with E-state index in [-0.39, 0.29) is 0 Å². The summed E-state index contributed by atoms with van der Waals surface area (Å²) < 4.78 is 0. The molecule has 0 fully saturated rings. The number of amides is 1. The first kappa shape index (κ1) is 8.98. The summed E-state index contributed by atoms with van der Waals surface area (Å²) in [7, 11) is 0. The van der Waals surface area contributed by atoms with Gasteiger partial charge < -0.3 is 0 Å². The molecule has 1 amide bonds. The Morgan fingerprint density at radius 1 is 1.83 bits per heavy atom. The number of thioether (sulfide) groups is 1. The standard InChI is InChI=1S/C5H7N3O3S/c9-4(3-8(10)11)7-5-6-1-2-12-5/h1-3H2,(H,6,7,9). The number of amidine groups is 1. The summed E-state index contributed by atoms with van der Waals surface area (Å²) >= 11 is 1.39. The van der Waals surface area contributed by atoms with Crippen LogP contribution in [0.4, 0.5) is 0 Å². The lowest BCUT2D eigenvalue weighted by atomic mass is 10.6. The topological polar surface area (TPSA) is 84.6 Å². The van der Waals surface area contributed by atoms with Crippen molar-refractivity contribution in [2.75, 3.05) is 18.8 Å². The summed E-state index contributed by atoms with van der Waals surface area (Å²) in [6.45, 7) is -0.0294. The van der Waals surface area contributed by atoms with Crippen LogP contribution in [-0.4, -0.2) is 34.8 Å². The molecular formula is C5H7N3O3S. The van der Waals surface area contributed by atoms with E-state index < -0.39 is 17.4 Å². The molecule has 1 aliphatic heterocycles. The molecule has 0 aromatic heterocycles. The van der Waals surface area contributed by atoms with Crippen LogP contribution >= 0.6 is 11.8 Å². The molecular weight excluding hydrogens is 182 g/mol. The van der Waals surface area contributed by atoms with Gasteiger partial charge in [-0.05, 0) is 0 Å². The highest BCUT2D eigenvalue weighted by molar-refractivity contribution is 8.14. The van der Waals surface area contributed by atoms with E-state index in [9.17, 15) is 14.9 Å². The molecule has 0 radical (unpaired) electrons. The van der Waals surface area contributed by atoms with Crippen molar-refractivity contribution in [2.45, 2.75) is 0 Å². The van der Waals surface area contributed by atoms with E-state index >= 15 is 0 Å². The van der Waals surface area contributed by atoms with Crippen molar-refractivity contribution in [2.24, 2.45) is 4.99 Å². The molecule has 0 unspecified atom stereocenters. The fourth-order valence-electron chi connectivity index (χ4n) is 0.687. The maximum atomic E-state index is 10.8. The molecule has 66 valence electrons. The zero-order chi connectivity index (χ0) is 8.97. The van der Waals surface area contributed by atoms with Crippen LogP contribution in [0.25, 0.3) is 0 Å². The summed E-state index contributed by atoms with van der Waals surface area (Å²) in [4.78, 5) is 23.9. The van der Waals surface area contributed by atoms with Gasteiger partial charge >= 0.3 is 0 Å². The lowest BCUT2D eigenvalue weighted by molar-refractivity contribution is -0.467. The molecule has 1 rings (SSSR count). The van der Waals surface area contributed by atoms with Gasteiger partial charge in [0, 0.05) is 10.7 Å². The predicted molar refractivity (Wildman–Crippen MR) is 44.8 cm³/mol. The lowest BCUT2D eigenvalue weighted by Crippen LogP contribution is -2.32. The lowest BCUT2D eigenvalue weighted by Gasteiger charge is -1.98. The van der Waals surface area contributed by atoms with Crippen LogP contribution in [-0.2, 0) is 4.79 Å². The first-order valence-corrected chi connectivity index (χ1v) is 4.26. The molecule has 0 saturated heterocycles. The minimum Gasteiger partial charge on any atom is -0.300 e. The molecule has 0 bridgehead atoms. The quantitative estimate of drug-likeness (QED) is 0.468. The zero-order valence-corrected chi connectivity index (χ0v) is 6.97. The molecule has 6 nitrogen and oxygen atoms in total. The van der Waals surface area contributed by atoms with Gasteiger partial charge in [-0.15, -0.1) is 0 Å². The number of hydrogen-bond acceptors (Lipinski definition) is 5. The molecule has 0 aromatic carbocycles. The number of rotatable bonds is 2. The third-order valence-corrected chi connectivity index (χ3v) is 2.00. The zero-order valence-electron chi connectivity index (χ0n) is 6.15. The van der Waals surface area contributed by atoms with Crippen LogP contribution < -0.4 is 5.32 Å². The molecule has 12 heavy (non-hydrogen) atoms. The van der Waals surface area contributed by atoms with Gasteiger partial charge in [0.1, 0.15) is 0 Å². The highest BCUT2D eigenvalue weighted by Gasteiger charge is 2.14. The van der Waals surface area contributed by atoms with Crippen LogP contribution in [0.5, 0.6) is 0 Å². The minimum absolute atomic E-state index is 0.488. The van der Waals surface area contributed by atoms with Crippen LogP contribution in [0.1, 0.15) is 0 Å². The molecule has 0 aliphatic carbocycles. The van der Waals surface area contributed by atoms with Crippen LogP contribution in [0.2, 0.25) is 0 Å². The minimum atomic E-state index is -0.695. The van der Waals surface area contributed by atoms with E-state index in [0.29, 0.717) is 11.7 Å². The van der Waals surface area contributed by atoms with E-state index in [4.69, 9.17) is 0 Å². The monoisotopic (exact) mass is 189 g/mol.